The molecule has 254 valence electrons. The normalized spacial score (nSPS) is 12.8. The van der Waals surface area contributed by atoms with Crippen molar-refractivity contribution in [1.82, 2.24) is 0 Å². The molecule has 0 bridgehead atoms. The van der Waals surface area contributed by atoms with Crippen molar-refractivity contribution < 1.29 is 0 Å². The first-order valence-electron chi connectivity index (χ1n) is 18.4. The van der Waals surface area contributed by atoms with Crippen LogP contribution in [0.1, 0.15) is 58.1 Å². The Morgan fingerprint density at radius 1 is 0.451 bits per heavy atom. The van der Waals surface area contributed by atoms with Gasteiger partial charge in [0.05, 0.1) is 5.54 Å². The topological polar surface area (TPSA) is 6.48 Å². The summed E-state index contributed by atoms with van der Waals surface area (Å²) in [5.74, 6) is 0. The lowest BCUT2D eigenvalue weighted by atomic mass is 9.77. The van der Waals surface area contributed by atoms with Gasteiger partial charge in [0, 0.05) is 33.9 Å². The van der Waals surface area contributed by atoms with Crippen molar-refractivity contribution in [2.45, 2.75) is 57.9 Å². The number of nitrogens with zero attached hydrogens (tertiary/aromatic N) is 2. The van der Waals surface area contributed by atoms with Crippen molar-refractivity contribution >= 4 is 50.0 Å². The smallest absolute Gasteiger partial charge is 0.0697 e. The van der Waals surface area contributed by atoms with Gasteiger partial charge in [-0.3, -0.25) is 0 Å². The van der Waals surface area contributed by atoms with E-state index in [4.69, 9.17) is 0 Å². The van der Waals surface area contributed by atoms with E-state index in [9.17, 15) is 0 Å². The number of hydrogen-bond acceptors (Lipinski definition) is 2. The number of anilines is 5. The van der Waals surface area contributed by atoms with E-state index in [1.165, 1.54) is 38.4 Å². The molecule has 0 heterocycles. The third-order valence-electron chi connectivity index (χ3n) is 11.2. The molecule has 1 atom stereocenters. The Bertz CT molecular complexity index is 2250. The number of benzene rings is 7. The Hall–Kier alpha value is -5.60. The maximum Gasteiger partial charge on any atom is 0.0697 e. The molecule has 0 amide bonds. The van der Waals surface area contributed by atoms with Gasteiger partial charge >= 0.3 is 0 Å². The van der Waals surface area contributed by atoms with Crippen LogP contribution >= 0.6 is 0 Å². The van der Waals surface area contributed by atoms with E-state index >= 15 is 0 Å². The Morgan fingerprint density at radius 2 is 0.902 bits per heavy atom. The van der Waals surface area contributed by atoms with E-state index in [1.54, 1.807) is 0 Å². The van der Waals surface area contributed by atoms with Gasteiger partial charge in [-0.15, -0.1) is 6.58 Å². The van der Waals surface area contributed by atoms with E-state index in [2.05, 4.69) is 214 Å². The maximum absolute atomic E-state index is 4.18. The van der Waals surface area contributed by atoms with Gasteiger partial charge in [-0.25, -0.2) is 0 Å². The number of hydrogen-bond donors (Lipinski definition) is 0. The quantitative estimate of drug-likeness (QED) is 0.120. The molecule has 7 rings (SSSR count). The number of fused-ring (bicyclic) bond motifs is 2. The minimum absolute atomic E-state index is 0.0524. The molecule has 0 aliphatic heterocycles. The first kappa shape index (κ1) is 33.9. The Balaban J connectivity index is 1.37. The van der Waals surface area contributed by atoms with Crippen molar-refractivity contribution in [2.24, 2.45) is 0 Å². The van der Waals surface area contributed by atoms with Crippen LogP contribution < -0.4 is 9.80 Å². The zero-order valence-electron chi connectivity index (χ0n) is 30.4. The first-order chi connectivity index (χ1) is 24.9. The second-order valence-electron chi connectivity index (χ2n) is 13.9. The van der Waals surface area contributed by atoms with Gasteiger partial charge in [-0.05, 0) is 113 Å². The summed E-state index contributed by atoms with van der Waals surface area (Å²) in [6.07, 6.45) is 4.99. The number of allylic oxidation sites excluding steroid dienone is 1. The lowest BCUT2D eigenvalue weighted by Crippen LogP contribution is -2.42. The molecule has 7 aromatic rings. The van der Waals surface area contributed by atoms with Crippen LogP contribution in [0.2, 0.25) is 0 Å². The highest BCUT2D eigenvalue weighted by Gasteiger charge is 2.37. The fourth-order valence-corrected chi connectivity index (χ4v) is 7.78. The van der Waals surface area contributed by atoms with Gasteiger partial charge in [0.1, 0.15) is 0 Å². The first-order valence-corrected chi connectivity index (χ1v) is 18.4. The van der Waals surface area contributed by atoms with Crippen LogP contribution in [0.4, 0.5) is 28.4 Å². The Morgan fingerprint density at radius 3 is 1.45 bits per heavy atom. The van der Waals surface area contributed by atoms with Crippen LogP contribution in [0.5, 0.6) is 0 Å². The number of rotatable bonds is 12. The van der Waals surface area contributed by atoms with Gasteiger partial charge in [0.25, 0.3) is 0 Å². The summed E-state index contributed by atoms with van der Waals surface area (Å²) in [4.78, 5) is 4.94. The van der Waals surface area contributed by atoms with Crippen LogP contribution in [0.15, 0.2) is 176 Å². The van der Waals surface area contributed by atoms with E-state index in [1.807, 2.05) is 0 Å². The zero-order valence-corrected chi connectivity index (χ0v) is 30.4. The largest absolute Gasteiger partial charge is 0.331 e. The van der Waals surface area contributed by atoms with Crippen molar-refractivity contribution in [3.63, 3.8) is 0 Å². The standard InChI is InChI=1S/C49H48N2/c1-6-48(5,7-2)41-25-27-42(28-26-41)49(8-3,9-4)51(47-30-24-38-18-14-16-20-40(38)36-47)45-33-31-44(32-34-45)50(43-21-11-10-12-22-43)46-29-23-37-17-13-15-19-39(37)35-46/h6,10-36H,1,7-9H2,2-5H3. The highest BCUT2D eigenvalue weighted by atomic mass is 15.2. The zero-order chi connectivity index (χ0) is 35.4. The minimum atomic E-state index is -0.281. The molecule has 0 saturated carbocycles. The maximum atomic E-state index is 4.18. The van der Waals surface area contributed by atoms with Gasteiger partial charge in [0.2, 0.25) is 0 Å². The predicted molar refractivity (Wildman–Crippen MR) is 221 cm³/mol. The molecule has 2 heteroatoms. The summed E-state index contributed by atoms with van der Waals surface area (Å²) < 4.78 is 0. The lowest BCUT2D eigenvalue weighted by Gasteiger charge is -2.46. The average Bonchev–Trinajstić information content (AvgIpc) is 3.20. The van der Waals surface area contributed by atoms with Crippen molar-refractivity contribution in [2.75, 3.05) is 9.80 Å². The molecule has 2 nitrogen and oxygen atoms in total. The third kappa shape index (κ3) is 6.32. The average molecular weight is 665 g/mol. The lowest BCUT2D eigenvalue weighted by molar-refractivity contribution is 0.403. The predicted octanol–water partition coefficient (Wildman–Crippen LogP) is 14.2. The molecule has 0 spiro atoms. The Labute approximate surface area is 304 Å². The highest BCUT2D eigenvalue weighted by Crippen LogP contribution is 2.46. The molecule has 0 saturated heterocycles. The molecule has 0 fully saturated rings. The summed E-state index contributed by atoms with van der Waals surface area (Å²) in [5, 5.41) is 4.95. The fraction of sp³-hybridized carbons (Fsp3) is 0.184. The van der Waals surface area contributed by atoms with Crippen LogP contribution in [0.25, 0.3) is 21.5 Å². The van der Waals surface area contributed by atoms with E-state index in [0.717, 1.165) is 42.0 Å². The Kier molecular flexibility index (Phi) is 9.52. The van der Waals surface area contributed by atoms with Crippen LogP contribution in [0.3, 0.4) is 0 Å². The molecule has 0 N–H and O–H groups in total. The van der Waals surface area contributed by atoms with E-state index < -0.39 is 0 Å². The van der Waals surface area contributed by atoms with Crippen LogP contribution in [-0.4, -0.2) is 0 Å². The molecule has 0 radical (unpaired) electrons. The molecule has 0 aromatic heterocycles. The van der Waals surface area contributed by atoms with Crippen LogP contribution in [-0.2, 0) is 11.0 Å². The van der Waals surface area contributed by atoms with Gasteiger partial charge in [-0.2, -0.15) is 0 Å². The van der Waals surface area contributed by atoms with Gasteiger partial charge in [0.15, 0.2) is 0 Å². The molecule has 0 aliphatic rings. The molecule has 1 unspecified atom stereocenters. The van der Waals surface area contributed by atoms with Gasteiger partial charge < -0.3 is 9.80 Å². The minimum Gasteiger partial charge on any atom is -0.331 e. The van der Waals surface area contributed by atoms with E-state index in [0.29, 0.717) is 0 Å². The van der Waals surface area contributed by atoms with Crippen molar-refractivity contribution in [3.05, 3.63) is 188 Å². The van der Waals surface area contributed by atoms with Crippen LogP contribution in [0, 0.1) is 0 Å². The van der Waals surface area contributed by atoms with Gasteiger partial charge in [-0.1, -0.05) is 137 Å². The van der Waals surface area contributed by atoms with Crippen molar-refractivity contribution in [1.29, 1.82) is 0 Å². The third-order valence-corrected chi connectivity index (χ3v) is 11.2. The second kappa shape index (κ2) is 14.3. The fourth-order valence-electron chi connectivity index (χ4n) is 7.78. The summed E-state index contributed by atoms with van der Waals surface area (Å²) in [6.45, 7) is 13.4. The summed E-state index contributed by atoms with van der Waals surface area (Å²) in [7, 11) is 0. The molecular weight excluding hydrogens is 617 g/mol. The summed E-state index contributed by atoms with van der Waals surface area (Å²) in [6, 6.07) is 60.1. The SMILES string of the molecule is C=CC(C)(CC)c1ccc(C(CC)(CC)N(c2ccc(N(c3ccccc3)c3ccc4ccccc4c3)cc2)c2ccc3ccccc3c2)cc1. The number of para-hydroxylation sites is 1. The highest BCUT2D eigenvalue weighted by molar-refractivity contribution is 5.90. The summed E-state index contributed by atoms with van der Waals surface area (Å²) in [5.41, 5.74) is 8.02. The van der Waals surface area contributed by atoms with Crippen molar-refractivity contribution in [3.8, 4) is 0 Å². The summed E-state index contributed by atoms with van der Waals surface area (Å²) >= 11 is 0. The molecule has 0 aliphatic carbocycles. The molecule has 7 aromatic carbocycles. The molecule has 51 heavy (non-hydrogen) atoms. The van der Waals surface area contributed by atoms with E-state index in [-0.39, 0.29) is 11.0 Å². The monoisotopic (exact) mass is 664 g/mol. The molecular formula is C49H48N2. The second-order valence-corrected chi connectivity index (χ2v) is 13.9.